The third-order valence-electron chi connectivity index (χ3n) is 5.95. The van der Waals surface area contributed by atoms with E-state index in [0.717, 1.165) is 30.4 Å². The van der Waals surface area contributed by atoms with Gasteiger partial charge in [-0.1, -0.05) is 87.0 Å². The van der Waals surface area contributed by atoms with Crippen molar-refractivity contribution in [1.82, 2.24) is 0 Å². The molecule has 174 valence electrons. The monoisotopic (exact) mass is 460 g/mol. The molecule has 0 unspecified atom stereocenters. The lowest BCUT2D eigenvalue weighted by Gasteiger charge is -2.11. The van der Waals surface area contributed by atoms with Gasteiger partial charge < -0.3 is 4.74 Å². The first-order valence-corrected chi connectivity index (χ1v) is 11.6. The minimum absolute atomic E-state index is 0.173. The van der Waals surface area contributed by atoms with Gasteiger partial charge in [-0.3, -0.25) is 0 Å². The lowest BCUT2D eigenvalue weighted by molar-refractivity contribution is 0.290. The maximum atomic E-state index is 15.0. The van der Waals surface area contributed by atoms with Crippen LogP contribution in [-0.2, 0) is 19.4 Å². The van der Waals surface area contributed by atoms with Gasteiger partial charge in [-0.2, -0.15) is 0 Å². The summed E-state index contributed by atoms with van der Waals surface area (Å²) in [5.41, 5.74) is 4.52. The molecule has 0 amide bonds. The average molecular weight is 461 g/mol. The average Bonchev–Trinajstić information content (AvgIpc) is 2.86. The fraction of sp³-hybridized carbons (Fsp3) is 0.200. The Hall–Kier alpha value is -3.53. The van der Waals surface area contributed by atoms with Crippen LogP contribution >= 0.6 is 0 Å². The summed E-state index contributed by atoms with van der Waals surface area (Å²) in [4.78, 5) is 0. The van der Waals surface area contributed by atoms with Crippen molar-refractivity contribution in [3.63, 3.8) is 0 Å². The van der Waals surface area contributed by atoms with E-state index in [1.54, 1.807) is 42.5 Å². The van der Waals surface area contributed by atoms with E-state index in [4.69, 9.17) is 4.74 Å². The molecule has 0 spiro atoms. The molecular formula is C30H27F3O. The van der Waals surface area contributed by atoms with E-state index in [2.05, 4.69) is 6.92 Å². The van der Waals surface area contributed by atoms with Gasteiger partial charge in [-0.05, 0) is 52.8 Å². The first-order chi connectivity index (χ1) is 16.5. The van der Waals surface area contributed by atoms with Crippen LogP contribution < -0.4 is 4.74 Å². The van der Waals surface area contributed by atoms with Gasteiger partial charge in [0.25, 0.3) is 0 Å². The molecule has 0 atom stereocenters. The van der Waals surface area contributed by atoms with E-state index in [1.165, 1.54) is 11.6 Å². The molecule has 0 radical (unpaired) electrons. The highest BCUT2D eigenvalue weighted by Gasteiger charge is 2.16. The van der Waals surface area contributed by atoms with Crippen LogP contribution in [-0.4, -0.2) is 0 Å². The molecule has 0 saturated heterocycles. The van der Waals surface area contributed by atoms with Gasteiger partial charge in [0.05, 0.1) is 0 Å². The summed E-state index contributed by atoms with van der Waals surface area (Å²) in [6.45, 7) is 4.24. The Kier molecular flexibility index (Phi) is 7.36. The molecule has 1 nitrogen and oxygen atoms in total. The molecule has 0 aliphatic rings. The minimum Gasteiger partial charge on any atom is -0.486 e. The molecule has 4 rings (SSSR count). The van der Waals surface area contributed by atoms with Crippen molar-refractivity contribution in [2.75, 3.05) is 0 Å². The lowest BCUT2D eigenvalue weighted by atomic mass is 9.97. The molecule has 0 fully saturated rings. The first kappa shape index (κ1) is 23.6. The van der Waals surface area contributed by atoms with Crippen molar-refractivity contribution in [2.45, 2.75) is 39.7 Å². The predicted octanol–water partition coefficient (Wildman–Crippen LogP) is 8.53. The topological polar surface area (TPSA) is 9.23 Å². The molecule has 0 heterocycles. The fourth-order valence-corrected chi connectivity index (χ4v) is 3.96. The summed E-state index contributed by atoms with van der Waals surface area (Å²) in [5.74, 6) is -1.95. The van der Waals surface area contributed by atoms with Gasteiger partial charge in [0, 0.05) is 11.1 Å². The van der Waals surface area contributed by atoms with Crippen molar-refractivity contribution in [2.24, 2.45) is 0 Å². The van der Waals surface area contributed by atoms with Crippen molar-refractivity contribution >= 4 is 0 Å². The van der Waals surface area contributed by atoms with Crippen LogP contribution in [0.1, 0.15) is 37.0 Å². The molecule has 4 heteroatoms. The zero-order valence-corrected chi connectivity index (χ0v) is 19.4. The number of benzene rings is 4. The number of rotatable bonds is 8. The van der Waals surface area contributed by atoms with E-state index in [9.17, 15) is 13.2 Å². The molecule has 0 aliphatic heterocycles. The van der Waals surface area contributed by atoms with E-state index < -0.39 is 17.5 Å². The second-order valence-electron chi connectivity index (χ2n) is 8.34. The smallest absolute Gasteiger partial charge is 0.167 e. The van der Waals surface area contributed by atoms with Crippen LogP contribution in [0.4, 0.5) is 13.2 Å². The normalized spacial score (nSPS) is 11.0. The van der Waals surface area contributed by atoms with E-state index in [-0.39, 0.29) is 23.5 Å². The summed E-state index contributed by atoms with van der Waals surface area (Å²) in [7, 11) is 0. The van der Waals surface area contributed by atoms with Crippen LogP contribution in [0.2, 0.25) is 0 Å². The Morgan fingerprint density at radius 3 is 1.65 bits per heavy atom. The van der Waals surface area contributed by atoms with Gasteiger partial charge in [0.15, 0.2) is 23.2 Å². The first-order valence-electron chi connectivity index (χ1n) is 11.6. The quantitative estimate of drug-likeness (QED) is 0.256. The van der Waals surface area contributed by atoms with Crippen LogP contribution in [0, 0.1) is 17.5 Å². The molecule has 0 aliphatic carbocycles. The van der Waals surface area contributed by atoms with Crippen molar-refractivity contribution in [3.05, 3.63) is 113 Å². The summed E-state index contributed by atoms with van der Waals surface area (Å²) in [5, 5.41) is 0. The second-order valence-corrected chi connectivity index (χ2v) is 8.34. The van der Waals surface area contributed by atoms with Gasteiger partial charge in [-0.15, -0.1) is 0 Å². The minimum atomic E-state index is -0.878. The third kappa shape index (κ3) is 5.17. The Labute approximate surface area is 198 Å². The van der Waals surface area contributed by atoms with Crippen LogP contribution in [0.5, 0.6) is 5.75 Å². The van der Waals surface area contributed by atoms with Crippen LogP contribution in [0.15, 0.2) is 78.9 Å². The standard InChI is InChI=1S/C30H27F3O/c1-3-5-21-6-11-23(12-7-21)25-15-16-26(30(33)29(25)32)24-13-8-22(9-14-24)19-34-28-17-10-20(4-2)18-27(28)31/h6-18H,3-5,19H2,1-2H3. The highest BCUT2D eigenvalue weighted by molar-refractivity contribution is 5.72. The molecular weight excluding hydrogens is 433 g/mol. The highest BCUT2D eigenvalue weighted by atomic mass is 19.2. The molecule has 0 N–H and O–H groups in total. The Morgan fingerprint density at radius 1 is 0.618 bits per heavy atom. The second kappa shape index (κ2) is 10.6. The van der Waals surface area contributed by atoms with Gasteiger partial charge in [-0.25, -0.2) is 13.2 Å². The summed E-state index contributed by atoms with van der Waals surface area (Å²) >= 11 is 0. The van der Waals surface area contributed by atoms with Crippen LogP contribution in [0.25, 0.3) is 22.3 Å². The van der Waals surface area contributed by atoms with Crippen molar-refractivity contribution in [3.8, 4) is 28.0 Å². The Morgan fingerprint density at radius 2 is 1.15 bits per heavy atom. The predicted molar refractivity (Wildman–Crippen MR) is 131 cm³/mol. The zero-order chi connectivity index (χ0) is 24.1. The van der Waals surface area contributed by atoms with E-state index >= 15 is 0 Å². The number of aryl methyl sites for hydroxylation is 2. The van der Waals surface area contributed by atoms with E-state index in [1.807, 2.05) is 37.3 Å². The van der Waals surface area contributed by atoms with Gasteiger partial charge >= 0.3 is 0 Å². The SMILES string of the molecule is CCCc1ccc(-c2ccc(-c3ccc(COc4ccc(CC)cc4F)cc3)c(F)c2F)cc1. The maximum absolute atomic E-state index is 15.0. The summed E-state index contributed by atoms with van der Waals surface area (Å²) in [6.07, 6.45) is 2.74. The fourth-order valence-electron chi connectivity index (χ4n) is 3.96. The van der Waals surface area contributed by atoms with Crippen molar-refractivity contribution in [1.29, 1.82) is 0 Å². The lowest BCUT2D eigenvalue weighted by Crippen LogP contribution is -1.98. The number of halogens is 3. The largest absolute Gasteiger partial charge is 0.486 e. The number of hydrogen-bond donors (Lipinski definition) is 0. The van der Waals surface area contributed by atoms with Gasteiger partial charge in [0.2, 0.25) is 0 Å². The van der Waals surface area contributed by atoms with Gasteiger partial charge in [0.1, 0.15) is 6.61 Å². The third-order valence-corrected chi connectivity index (χ3v) is 5.95. The summed E-state index contributed by atoms with van der Waals surface area (Å²) < 4.78 is 49.6. The van der Waals surface area contributed by atoms with Crippen molar-refractivity contribution < 1.29 is 17.9 Å². The molecule has 0 bridgehead atoms. The maximum Gasteiger partial charge on any atom is 0.167 e. The molecule has 4 aromatic rings. The number of hydrogen-bond acceptors (Lipinski definition) is 1. The molecule has 4 aromatic carbocycles. The molecule has 0 aromatic heterocycles. The zero-order valence-electron chi connectivity index (χ0n) is 19.4. The molecule has 34 heavy (non-hydrogen) atoms. The van der Waals surface area contributed by atoms with E-state index in [0.29, 0.717) is 11.1 Å². The highest BCUT2D eigenvalue weighted by Crippen LogP contribution is 2.32. The summed E-state index contributed by atoms with van der Waals surface area (Å²) in [6, 6.07) is 22.7. The Bertz CT molecular complexity index is 1260. The van der Waals surface area contributed by atoms with Crippen LogP contribution in [0.3, 0.4) is 0 Å². The Balaban J connectivity index is 1.49. The number of ether oxygens (including phenoxy) is 1. The molecule has 0 saturated carbocycles.